The third kappa shape index (κ3) is 3.80. The maximum Gasteiger partial charge on any atom is 0.320 e. The fourth-order valence-electron chi connectivity index (χ4n) is 2.38. The number of aliphatic carboxylic acids is 1. The molecule has 128 valence electrons. The molecule has 2 aromatic rings. The van der Waals surface area contributed by atoms with Crippen molar-refractivity contribution in [1.29, 1.82) is 0 Å². The van der Waals surface area contributed by atoms with E-state index in [4.69, 9.17) is 5.11 Å². The molecule has 1 amide bonds. The van der Waals surface area contributed by atoms with Gasteiger partial charge in [0.15, 0.2) is 0 Å². The quantitative estimate of drug-likeness (QED) is 0.844. The van der Waals surface area contributed by atoms with Crippen LogP contribution >= 0.6 is 0 Å². The number of carbonyl (C=O) groups is 2. The Bertz CT molecular complexity index is 740. The Morgan fingerprint density at radius 2 is 1.92 bits per heavy atom. The molecule has 7 nitrogen and oxygen atoms in total. The molecule has 1 heterocycles. The van der Waals surface area contributed by atoms with Crippen LogP contribution in [0.15, 0.2) is 30.3 Å². The summed E-state index contributed by atoms with van der Waals surface area (Å²) < 4.78 is 1.77. The number of carboxylic acid groups (broad SMARTS) is 1. The van der Waals surface area contributed by atoms with E-state index in [-0.39, 0.29) is 12.5 Å². The maximum atomic E-state index is 12.2. The van der Waals surface area contributed by atoms with Gasteiger partial charge in [-0.25, -0.2) is 4.68 Å². The van der Waals surface area contributed by atoms with Crippen LogP contribution in [0.25, 0.3) is 5.69 Å². The number of nitrogens with zero attached hydrogens (tertiary/aromatic N) is 3. The smallest absolute Gasteiger partial charge is 0.320 e. The minimum Gasteiger partial charge on any atom is -0.480 e. The van der Waals surface area contributed by atoms with E-state index in [2.05, 4.69) is 10.4 Å². The van der Waals surface area contributed by atoms with Crippen LogP contribution < -0.4 is 5.32 Å². The van der Waals surface area contributed by atoms with Crippen molar-refractivity contribution in [2.45, 2.75) is 26.8 Å². The lowest BCUT2D eigenvalue weighted by molar-refractivity contribution is -0.142. The first-order valence-corrected chi connectivity index (χ1v) is 7.65. The van der Waals surface area contributed by atoms with Crippen molar-refractivity contribution in [3.63, 3.8) is 0 Å². The summed E-state index contributed by atoms with van der Waals surface area (Å²) in [5.74, 6) is -1.24. The predicted molar refractivity (Wildman–Crippen MR) is 91.4 cm³/mol. The number of amides is 1. The van der Waals surface area contributed by atoms with E-state index in [0.29, 0.717) is 11.4 Å². The Balaban J connectivity index is 2.15. The van der Waals surface area contributed by atoms with Gasteiger partial charge >= 0.3 is 5.97 Å². The highest BCUT2D eigenvalue weighted by Crippen LogP contribution is 2.22. The van der Waals surface area contributed by atoms with Crippen LogP contribution in [0.3, 0.4) is 0 Å². The zero-order chi connectivity index (χ0) is 17.9. The van der Waals surface area contributed by atoms with E-state index < -0.39 is 12.0 Å². The van der Waals surface area contributed by atoms with E-state index in [1.165, 1.54) is 4.90 Å². The number of benzene rings is 1. The van der Waals surface area contributed by atoms with Crippen LogP contribution in [0.4, 0.5) is 5.69 Å². The molecule has 1 unspecified atom stereocenters. The molecule has 0 aliphatic heterocycles. The van der Waals surface area contributed by atoms with Crippen molar-refractivity contribution >= 4 is 17.6 Å². The molecule has 2 N–H and O–H groups in total. The number of rotatable bonds is 6. The van der Waals surface area contributed by atoms with Crippen LogP contribution in [0.1, 0.15) is 18.3 Å². The molecule has 0 spiro atoms. The Labute approximate surface area is 140 Å². The maximum absolute atomic E-state index is 12.2. The summed E-state index contributed by atoms with van der Waals surface area (Å²) in [5, 5.41) is 16.3. The molecule has 1 aromatic carbocycles. The Hall–Kier alpha value is -2.67. The molecule has 24 heavy (non-hydrogen) atoms. The van der Waals surface area contributed by atoms with Gasteiger partial charge in [-0.15, -0.1) is 0 Å². The molecule has 2 rings (SSSR count). The second-order valence-corrected chi connectivity index (χ2v) is 5.77. The summed E-state index contributed by atoms with van der Waals surface area (Å²) in [6.45, 7) is 5.24. The second kappa shape index (κ2) is 7.27. The van der Waals surface area contributed by atoms with Gasteiger partial charge in [0.05, 0.1) is 29.3 Å². The summed E-state index contributed by atoms with van der Waals surface area (Å²) in [5.41, 5.74) is 3.09. The lowest BCUT2D eigenvalue weighted by Crippen LogP contribution is -2.40. The fraction of sp³-hybridized carbons (Fsp3) is 0.353. The van der Waals surface area contributed by atoms with Crippen molar-refractivity contribution in [2.24, 2.45) is 0 Å². The fourth-order valence-corrected chi connectivity index (χ4v) is 2.38. The number of likely N-dealkylation sites (N-methyl/N-ethyl adjacent to an activating group) is 1. The first kappa shape index (κ1) is 17.7. The molecule has 0 aliphatic rings. The minimum absolute atomic E-state index is 0.0110. The zero-order valence-electron chi connectivity index (χ0n) is 14.3. The molecule has 0 saturated heterocycles. The second-order valence-electron chi connectivity index (χ2n) is 5.77. The SMILES string of the molecule is Cc1nn(-c2ccccc2)c(C)c1NC(=O)CN(C)C(C)C(=O)O. The number of carboxylic acids is 1. The molecule has 1 aromatic heterocycles. The molecule has 0 radical (unpaired) electrons. The molecule has 1 atom stereocenters. The van der Waals surface area contributed by atoms with E-state index in [1.807, 2.05) is 44.2 Å². The molecule has 0 aliphatic carbocycles. The van der Waals surface area contributed by atoms with Gasteiger partial charge in [0, 0.05) is 0 Å². The summed E-state index contributed by atoms with van der Waals surface area (Å²) >= 11 is 0. The monoisotopic (exact) mass is 330 g/mol. The number of anilines is 1. The Kier molecular flexibility index (Phi) is 5.35. The van der Waals surface area contributed by atoms with E-state index >= 15 is 0 Å². The minimum atomic E-state index is -0.963. The summed E-state index contributed by atoms with van der Waals surface area (Å²) in [6, 6.07) is 8.92. The highest BCUT2D eigenvalue weighted by Gasteiger charge is 2.21. The number of para-hydroxylation sites is 1. The molecule has 0 bridgehead atoms. The van der Waals surface area contributed by atoms with Gasteiger partial charge in [0.25, 0.3) is 0 Å². The standard InChI is InChI=1S/C17H22N4O3/c1-11-16(18-15(22)10-20(4)13(3)17(23)24)12(2)21(19-11)14-8-6-5-7-9-14/h5-9,13H,10H2,1-4H3,(H,18,22)(H,23,24). The van der Waals surface area contributed by atoms with E-state index in [0.717, 1.165) is 11.4 Å². The largest absolute Gasteiger partial charge is 0.480 e. The van der Waals surface area contributed by atoms with Crippen LogP contribution in [-0.2, 0) is 9.59 Å². The van der Waals surface area contributed by atoms with Gasteiger partial charge in [-0.2, -0.15) is 5.10 Å². The number of aromatic nitrogens is 2. The number of hydrogen-bond acceptors (Lipinski definition) is 4. The predicted octanol–water partition coefficient (Wildman–Crippen LogP) is 1.83. The van der Waals surface area contributed by atoms with Gasteiger partial charge in [-0.1, -0.05) is 18.2 Å². The average molecular weight is 330 g/mol. The van der Waals surface area contributed by atoms with Gasteiger partial charge in [0.2, 0.25) is 5.91 Å². The van der Waals surface area contributed by atoms with Crippen LogP contribution in [0, 0.1) is 13.8 Å². The topological polar surface area (TPSA) is 87.5 Å². The highest BCUT2D eigenvalue weighted by atomic mass is 16.4. The van der Waals surface area contributed by atoms with E-state index in [9.17, 15) is 9.59 Å². The summed E-state index contributed by atoms with van der Waals surface area (Å²) in [4.78, 5) is 24.7. The van der Waals surface area contributed by atoms with Gasteiger partial charge in [0.1, 0.15) is 6.04 Å². The number of carbonyl (C=O) groups excluding carboxylic acids is 1. The summed E-state index contributed by atoms with van der Waals surface area (Å²) in [7, 11) is 1.60. The first-order valence-electron chi connectivity index (χ1n) is 7.65. The van der Waals surface area contributed by atoms with Gasteiger partial charge in [-0.05, 0) is 40.0 Å². The first-order chi connectivity index (χ1) is 11.3. The molecular formula is C17H22N4O3. The van der Waals surface area contributed by atoms with Gasteiger partial charge < -0.3 is 10.4 Å². The molecule has 0 fully saturated rings. The van der Waals surface area contributed by atoms with Crippen LogP contribution in [-0.4, -0.2) is 51.3 Å². The number of nitrogens with one attached hydrogen (secondary N) is 1. The Morgan fingerprint density at radius 3 is 2.50 bits per heavy atom. The third-order valence-corrected chi connectivity index (χ3v) is 3.97. The zero-order valence-corrected chi connectivity index (χ0v) is 14.3. The lowest BCUT2D eigenvalue weighted by Gasteiger charge is -2.20. The Morgan fingerprint density at radius 1 is 1.29 bits per heavy atom. The van der Waals surface area contributed by atoms with Crippen LogP contribution in [0.2, 0.25) is 0 Å². The number of aryl methyl sites for hydroxylation is 1. The van der Waals surface area contributed by atoms with Crippen molar-refractivity contribution in [2.75, 3.05) is 18.9 Å². The van der Waals surface area contributed by atoms with E-state index in [1.54, 1.807) is 18.7 Å². The van der Waals surface area contributed by atoms with Crippen molar-refractivity contribution in [3.05, 3.63) is 41.7 Å². The normalized spacial score (nSPS) is 12.2. The molecular weight excluding hydrogens is 308 g/mol. The van der Waals surface area contributed by atoms with Crippen LogP contribution in [0.5, 0.6) is 0 Å². The van der Waals surface area contributed by atoms with Crippen molar-refractivity contribution in [3.8, 4) is 5.69 Å². The highest BCUT2D eigenvalue weighted by molar-refractivity contribution is 5.93. The number of hydrogen-bond donors (Lipinski definition) is 2. The van der Waals surface area contributed by atoms with Crippen molar-refractivity contribution < 1.29 is 14.7 Å². The molecule has 0 saturated carbocycles. The summed E-state index contributed by atoms with van der Waals surface area (Å²) in [6.07, 6.45) is 0. The average Bonchev–Trinajstić information content (AvgIpc) is 2.82. The lowest BCUT2D eigenvalue weighted by atomic mass is 10.2. The van der Waals surface area contributed by atoms with Crippen molar-refractivity contribution in [1.82, 2.24) is 14.7 Å². The third-order valence-electron chi connectivity index (χ3n) is 3.97. The molecule has 7 heteroatoms. The van der Waals surface area contributed by atoms with Gasteiger partial charge in [-0.3, -0.25) is 14.5 Å².